The van der Waals surface area contributed by atoms with E-state index in [1.54, 1.807) is 42.1 Å². The molecular formula is C82H130F3N21O6. The molecular weight excluding hydrogens is 1430 g/mol. The maximum atomic E-state index is 13.2. The van der Waals surface area contributed by atoms with E-state index in [0.717, 1.165) is 160 Å². The van der Waals surface area contributed by atoms with Crippen molar-refractivity contribution in [3.63, 3.8) is 0 Å². The number of hydrogen-bond donors (Lipinski definition) is 9. The minimum atomic E-state index is -0.731. The van der Waals surface area contributed by atoms with Crippen molar-refractivity contribution in [2.75, 3.05) is 68.3 Å². The third-order valence-electron chi connectivity index (χ3n) is 20.1. The number of nitrogens with one attached hydrogen (secondary N) is 6. The Morgan fingerprint density at radius 1 is 0.446 bits per heavy atom. The number of carbonyl (C=O) groups is 3. The van der Waals surface area contributed by atoms with Crippen molar-refractivity contribution in [2.24, 2.45) is 27.1 Å². The highest BCUT2D eigenvalue weighted by Crippen LogP contribution is 2.32. The molecule has 2 aliphatic rings. The predicted octanol–water partition coefficient (Wildman–Crippen LogP) is 13.3. The molecule has 0 bridgehead atoms. The number of anilines is 3. The van der Waals surface area contributed by atoms with Crippen LogP contribution < -0.4 is 31.9 Å². The highest BCUT2D eigenvalue weighted by Gasteiger charge is 2.32. The van der Waals surface area contributed by atoms with Crippen molar-refractivity contribution in [1.82, 2.24) is 91.3 Å². The molecule has 112 heavy (non-hydrogen) atoms. The van der Waals surface area contributed by atoms with Gasteiger partial charge in [0.05, 0.1) is 36.4 Å². The second-order valence-corrected chi connectivity index (χ2v) is 29.5. The van der Waals surface area contributed by atoms with Crippen LogP contribution in [0.4, 0.5) is 44.6 Å². The fourth-order valence-corrected chi connectivity index (χ4v) is 13.2. The molecule has 11 rings (SSSR count). The van der Waals surface area contributed by atoms with Gasteiger partial charge in [0.2, 0.25) is 0 Å². The van der Waals surface area contributed by atoms with Gasteiger partial charge in [0, 0.05) is 100.0 Å². The standard InChI is InChI=1S/C28H38FN7O2.C27H36FN7O2.C27H38FN7O2.9H2/c1-4-20-14-23(27-32-33-34-35(27)3)16-25(15-20)31-28(38)30-19(2)26(37)18-36(17-22-7-8-22)13-5-6-21-9-11-24(29)12-10-21;1-4-19-14-21(26-31-32-33-34(26)3)16-23(15-19)30-27(37)29-18(2)25(36)17-35(24-11-12-24)13-5-6-20-7-9-22(28)10-8-20;1-5-13-35(14-7-8-21-9-11-23(28)12-10-21)18-25(36)19(3)29-27(37)30-24-16-20(6-2)15-22(17-24)26-31-32-33-34(26)4;;;;;;;;;/h9-12,14-16,19,22,26,37H,4-8,13,17-18H2,1-3H3,(H2,30,31,38);7-10,14-16,18,24-25,36H,4-6,11-13,17H2,1-3H3,(H2,29,30,37);9-12,15-17,19,25,36H,5-8,13-14,18H2,1-4H3,(H2,29,30,37);9*1H/t19-,26-;18-,25-;19-,25+;;;;;;;;;/m111........./s1. The summed E-state index contributed by atoms with van der Waals surface area (Å²) in [5.41, 5.74) is 10.8. The molecule has 6 atom stereocenters. The summed E-state index contributed by atoms with van der Waals surface area (Å²) in [7, 11) is 5.30. The van der Waals surface area contributed by atoms with E-state index in [4.69, 9.17) is 0 Å². The zero-order chi connectivity index (χ0) is 80.2. The largest absolute Gasteiger partial charge is 0.390 e. The first-order valence-electron chi connectivity index (χ1n) is 39.2. The number of amides is 6. The molecule has 30 heteroatoms. The number of aromatic nitrogens is 12. The van der Waals surface area contributed by atoms with Crippen LogP contribution in [0.2, 0.25) is 0 Å². The Morgan fingerprint density at radius 2 is 0.777 bits per heavy atom. The van der Waals surface area contributed by atoms with Crippen molar-refractivity contribution in [3.8, 4) is 34.2 Å². The number of halogens is 3. The fourth-order valence-electron chi connectivity index (χ4n) is 13.2. The van der Waals surface area contributed by atoms with E-state index in [1.165, 1.54) is 49.2 Å². The van der Waals surface area contributed by atoms with Gasteiger partial charge in [-0.3, -0.25) is 4.90 Å². The number of rotatable bonds is 38. The first-order valence-corrected chi connectivity index (χ1v) is 39.2. The minimum Gasteiger partial charge on any atom is -0.390 e. The third-order valence-corrected chi connectivity index (χ3v) is 20.1. The average molecular weight is 1560 g/mol. The van der Waals surface area contributed by atoms with Crippen LogP contribution in [0, 0.1) is 23.4 Å². The molecule has 6 aromatic carbocycles. The lowest BCUT2D eigenvalue weighted by molar-refractivity contribution is 0.0834. The number of tetrazole rings is 3. The molecule has 3 heterocycles. The number of aryl methyl sites for hydroxylation is 9. The topological polar surface area (TPSA) is 325 Å². The van der Waals surface area contributed by atoms with Gasteiger partial charge in [-0.25, -0.2) is 41.6 Å². The van der Waals surface area contributed by atoms with Crippen molar-refractivity contribution in [1.29, 1.82) is 0 Å². The van der Waals surface area contributed by atoms with E-state index in [9.17, 15) is 42.9 Å². The van der Waals surface area contributed by atoms with Crippen LogP contribution in [0.3, 0.4) is 0 Å². The summed E-state index contributed by atoms with van der Waals surface area (Å²) in [5, 5.41) is 84.8. The van der Waals surface area contributed by atoms with Gasteiger partial charge in [0.15, 0.2) is 17.5 Å². The van der Waals surface area contributed by atoms with E-state index >= 15 is 0 Å². The highest BCUT2D eigenvalue weighted by molar-refractivity contribution is 5.92. The van der Waals surface area contributed by atoms with E-state index < -0.39 is 36.4 Å². The number of carbonyl (C=O) groups excluding carboxylic acids is 3. The molecule has 27 nitrogen and oxygen atoms in total. The molecule has 0 unspecified atom stereocenters. The summed E-state index contributed by atoms with van der Waals surface area (Å²) in [4.78, 5) is 45.1. The van der Waals surface area contributed by atoms with Gasteiger partial charge in [0.1, 0.15) is 17.5 Å². The normalized spacial score (nSPS) is 14.3. The van der Waals surface area contributed by atoms with Crippen LogP contribution in [0.5, 0.6) is 0 Å². The fraction of sp³-hybridized carbons (Fsp3) is 0.488. The lowest BCUT2D eigenvalue weighted by Gasteiger charge is -2.28. The van der Waals surface area contributed by atoms with Gasteiger partial charge in [0.25, 0.3) is 0 Å². The summed E-state index contributed by atoms with van der Waals surface area (Å²) in [6.45, 7) is 19.4. The number of aliphatic hydroxyl groups excluding tert-OH is 3. The predicted molar refractivity (Wildman–Crippen MR) is 447 cm³/mol. The lowest BCUT2D eigenvalue weighted by atomic mass is 10.1. The zero-order valence-electron chi connectivity index (χ0n) is 66.2. The molecule has 3 aromatic heterocycles. The smallest absolute Gasteiger partial charge is 0.319 e. The maximum Gasteiger partial charge on any atom is 0.319 e. The van der Waals surface area contributed by atoms with Gasteiger partial charge >= 0.3 is 18.1 Å². The number of benzene rings is 6. The maximum absolute atomic E-state index is 13.2. The SMILES string of the molecule is CCCN(CCCc1ccc(F)cc1)C[C@H](O)[C@@H](C)NC(=O)Nc1cc(CC)cc(-c2nnnn2C)c1.CCc1cc(NC(=O)N[C@H](C)[C@H](O)CN(CCCc2ccc(F)cc2)C2CC2)cc(-c2nnnn2C)c1.CCc1cc(NC(=O)N[C@H](C)[C@H](O)CN(CCCc2ccc(F)cc2)CC2CC2)cc(-c2nnnn2C)c1.[HH].[HH].[HH].[HH].[HH].[HH].[HH].[HH].[HH]. The average Bonchev–Trinajstić information content (AvgIpc) is 1.31. The Balaban J connectivity index is 0.00000172. The monoisotopic (exact) mass is 1560 g/mol. The molecule has 2 saturated carbocycles. The van der Waals surface area contributed by atoms with Crippen molar-refractivity contribution < 1.29 is 55.7 Å². The lowest BCUT2D eigenvalue weighted by Crippen LogP contribution is -2.48. The first kappa shape index (κ1) is 85.9. The van der Waals surface area contributed by atoms with E-state index in [2.05, 4.69) is 100 Å². The van der Waals surface area contributed by atoms with Gasteiger partial charge in [-0.15, -0.1) is 15.3 Å². The molecule has 0 aliphatic heterocycles. The number of urea groups is 3. The van der Waals surface area contributed by atoms with Crippen LogP contribution >= 0.6 is 0 Å². The molecule has 0 saturated heterocycles. The second-order valence-electron chi connectivity index (χ2n) is 29.5. The van der Waals surface area contributed by atoms with Gasteiger partial charge in [-0.05, 0) is 298 Å². The van der Waals surface area contributed by atoms with Gasteiger partial charge in [-0.2, -0.15) is 0 Å². The number of nitrogens with zero attached hydrogens (tertiary/aromatic N) is 15. The van der Waals surface area contributed by atoms with Crippen LogP contribution in [0.1, 0.15) is 146 Å². The molecule has 9 aromatic rings. The van der Waals surface area contributed by atoms with Crippen LogP contribution in [-0.2, 0) is 59.7 Å². The Bertz CT molecular complexity index is 4430. The Morgan fingerprint density at radius 3 is 1.09 bits per heavy atom. The van der Waals surface area contributed by atoms with Crippen LogP contribution in [0.15, 0.2) is 127 Å². The van der Waals surface area contributed by atoms with E-state index in [-0.39, 0.29) is 48.4 Å². The molecule has 6 amide bonds. The van der Waals surface area contributed by atoms with Gasteiger partial charge in [-0.1, -0.05) is 64.1 Å². The highest BCUT2D eigenvalue weighted by atomic mass is 19.1. The quantitative estimate of drug-likeness (QED) is 0.0174. The van der Waals surface area contributed by atoms with Crippen LogP contribution in [0.25, 0.3) is 34.2 Å². The van der Waals surface area contributed by atoms with Crippen molar-refractivity contribution in [3.05, 3.63) is 178 Å². The summed E-state index contributed by atoms with van der Waals surface area (Å²) in [6.07, 6.45) is 11.2. The number of aliphatic hydroxyl groups is 3. The Labute approximate surface area is 668 Å². The second kappa shape index (κ2) is 43.1. The summed E-state index contributed by atoms with van der Waals surface area (Å²) in [6, 6.07) is 35.1. The molecule has 9 N–H and O–H groups in total. The molecule has 0 spiro atoms. The first-order chi connectivity index (χ1) is 53.9. The Hall–Kier alpha value is -10.1. The third kappa shape index (κ3) is 28.0. The summed E-state index contributed by atoms with van der Waals surface area (Å²) >= 11 is 0. The van der Waals surface area contributed by atoms with Crippen molar-refractivity contribution in [2.45, 2.75) is 181 Å². The molecule has 0 radical (unpaired) electrons. The Kier molecular flexibility index (Phi) is 33.0. The summed E-state index contributed by atoms with van der Waals surface area (Å²) in [5.74, 6) is 1.84. The summed E-state index contributed by atoms with van der Waals surface area (Å²) < 4.78 is 44.2. The molecule has 620 valence electrons. The van der Waals surface area contributed by atoms with E-state index in [1.807, 2.05) is 126 Å². The minimum absolute atomic E-state index is 0. The molecule has 2 aliphatic carbocycles. The van der Waals surface area contributed by atoms with Crippen molar-refractivity contribution >= 4 is 35.2 Å². The molecule has 2 fully saturated rings. The van der Waals surface area contributed by atoms with E-state index in [0.29, 0.717) is 66.1 Å². The van der Waals surface area contributed by atoms with Gasteiger partial charge < -0.3 is 57.0 Å². The zero-order valence-corrected chi connectivity index (χ0v) is 66.2. The number of hydrogen-bond acceptors (Lipinski definition) is 18. The van der Waals surface area contributed by atoms with Crippen LogP contribution in [-0.4, -0.2) is 204 Å².